The molecule has 0 aromatic rings. The number of allylic oxidation sites excluding steroid dienone is 1. The third kappa shape index (κ3) is 9.46. The van der Waals surface area contributed by atoms with Crippen molar-refractivity contribution in [3.8, 4) is 0 Å². The van der Waals surface area contributed by atoms with Gasteiger partial charge in [-0.25, -0.2) is 4.79 Å². The van der Waals surface area contributed by atoms with Gasteiger partial charge in [0.25, 0.3) is 0 Å². The monoisotopic (exact) mass is 339 g/mol. The summed E-state index contributed by atoms with van der Waals surface area (Å²) in [5, 5.41) is 8.77. The van der Waals surface area contributed by atoms with Crippen LogP contribution in [0.3, 0.4) is 0 Å². The van der Waals surface area contributed by atoms with Crippen LogP contribution in [0, 0.1) is 5.92 Å². The van der Waals surface area contributed by atoms with Crippen molar-refractivity contribution >= 4 is 5.97 Å². The van der Waals surface area contributed by atoms with Crippen LogP contribution in [0.25, 0.3) is 0 Å². The maximum atomic E-state index is 10.7. The van der Waals surface area contributed by atoms with Gasteiger partial charge in [0.15, 0.2) is 0 Å². The van der Waals surface area contributed by atoms with E-state index in [1.165, 1.54) is 51.4 Å². The van der Waals surface area contributed by atoms with Gasteiger partial charge in [-0.2, -0.15) is 0 Å². The minimum atomic E-state index is -0.798. The lowest BCUT2D eigenvalue weighted by Crippen LogP contribution is -2.45. The highest BCUT2D eigenvalue weighted by Crippen LogP contribution is 2.30. The zero-order valence-corrected chi connectivity index (χ0v) is 16.6. The van der Waals surface area contributed by atoms with Gasteiger partial charge in [0.2, 0.25) is 0 Å². The molecule has 3 heteroatoms. The van der Waals surface area contributed by atoms with Crippen molar-refractivity contribution in [3.05, 3.63) is 11.6 Å². The summed E-state index contributed by atoms with van der Waals surface area (Å²) in [4.78, 5) is 10.7. The maximum Gasteiger partial charge on any atom is 0.330 e. The number of aliphatic carboxylic acids is 1. The molecule has 1 unspecified atom stereocenters. The number of rotatable bonds is 15. The summed E-state index contributed by atoms with van der Waals surface area (Å²) >= 11 is 0. The number of nitrogens with two attached hydrogens (primary N) is 1. The van der Waals surface area contributed by atoms with Crippen LogP contribution in [0.2, 0.25) is 0 Å². The van der Waals surface area contributed by atoms with Crippen molar-refractivity contribution in [2.45, 2.75) is 110 Å². The molecule has 24 heavy (non-hydrogen) atoms. The van der Waals surface area contributed by atoms with Crippen LogP contribution >= 0.6 is 0 Å². The van der Waals surface area contributed by atoms with E-state index in [0.29, 0.717) is 11.5 Å². The summed E-state index contributed by atoms with van der Waals surface area (Å²) in [6.45, 7) is 8.38. The lowest BCUT2D eigenvalue weighted by molar-refractivity contribution is -0.132. The Hall–Kier alpha value is -0.830. The molecule has 0 spiro atoms. The van der Waals surface area contributed by atoms with E-state index in [0.717, 1.165) is 25.7 Å². The first-order valence-electron chi connectivity index (χ1n) is 10.1. The molecule has 0 aliphatic heterocycles. The molecule has 0 fully saturated rings. The molecule has 0 heterocycles. The van der Waals surface area contributed by atoms with Gasteiger partial charge < -0.3 is 10.8 Å². The minimum Gasteiger partial charge on any atom is -0.478 e. The van der Waals surface area contributed by atoms with Crippen molar-refractivity contribution in [2.24, 2.45) is 11.7 Å². The largest absolute Gasteiger partial charge is 0.478 e. The molecule has 0 aliphatic rings. The van der Waals surface area contributed by atoms with Crippen molar-refractivity contribution in [2.75, 3.05) is 0 Å². The average molecular weight is 340 g/mol. The minimum absolute atomic E-state index is 0.0380. The van der Waals surface area contributed by atoms with E-state index in [1.54, 1.807) is 6.92 Å². The molecule has 0 rings (SSSR count). The van der Waals surface area contributed by atoms with Crippen molar-refractivity contribution in [1.82, 2.24) is 0 Å². The molecule has 3 nitrogen and oxygen atoms in total. The van der Waals surface area contributed by atoms with Gasteiger partial charge in [-0.05, 0) is 44.9 Å². The summed E-state index contributed by atoms with van der Waals surface area (Å²) < 4.78 is 0. The molecular formula is C21H41NO2. The molecular weight excluding hydrogens is 298 g/mol. The van der Waals surface area contributed by atoms with E-state index in [9.17, 15) is 4.79 Å². The number of carbonyl (C=O) groups is 1. The van der Waals surface area contributed by atoms with Crippen molar-refractivity contribution < 1.29 is 9.90 Å². The van der Waals surface area contributed by atoms with Gasteiger partial charge in [0, 0.05) is 11.1 Å². The van der Waals surface area contributed by atoms with Gasteiger partial charge in [0.05, 0.1) is 0 Å². The Morgan fingerprint density at radius 2 is 1.50 bits per heavy atom. The van der Waals surface area contributed by atoms with Crippen LogP contribution < -0.4 is 5.73 Å². The average Bonchev–Trinajstić information content (AvgIpc) is 2.58. The molecule has 0 saturated heterocycles. The fourth-order valence-electron chi connectivity index (χ4n) is 3.55. The smallest absolute Gasteiger partial charge is 0.330 e. The summed E-state index contributed by atoms with van der Waals surface area (Å²) in [6.07, 6.45) is 16.2. The molecule has 0 aromatic carbocycles. The first kappa shape index (κ1) is 23.2. The fraction of sp³-hybridized carbons (Fsp3) is 0.857. The summed E-state index contributed by atoms with van der Waals surface area (Å²) in [5.41, 5.74) is 7.06. The summed E-state index contributed by atoms with van der Waals surface area (Å²) in [7, 11) is 0. The topological polar surface area (TPSA) is 63.3 Å². The first-order valence-corrected chi connectivity index (χ1v) is 10.1. The predicted octanol–water partition coefficient (Wildman–Crippen LogP) is 6.07. The normalized spacial score (nSPS) is 14.0. The standard InChI is InChI=1S/C21H41NO2/c1-5-19(21(22,6-2)7-3)17-15-13-11-9-8-10-12-14-16-18(4)20(23)24/h16,19H,5-15,17,22H2,1-4H3,(H,23,24). The number of hydrogen-bond acceptors (Lipinski definition) is 2. The Bertz CT molecular complexity index is 359. The van der Waals surface area contributed by atoms with Crippen LogP contribution in [0.4, 0.5) is 0 Å². The highest BCUT2D eigenvalue weighted by atomic mass is 16.4. The molecule has 0 aromatic heterocycles. The van der Waals surface area contributed by atoms with E-state index in [4.69, 9.17) is 10.8 Å². The van der Waals surface area contributed by atoms with E-state index in [1.807, 2.05) is 6.08 Å². The van der Waals surface area contributed by atoms with Crippen LogP contribution in [-0.4, -0.2) is 16.6 Å². The quantitative estimate of drug-likeness (QED) is 0.281. The van der Waals surface area contributed by atoms with E-state index < -0.39 is 5.97 Å². The third-order valence-corrected chi connectivity index (χ3v) is 5.67. The van der Waals surface area contributed by atoms with E-state index in [-0.39, 0.29) is 5.54 Å². The second kappa shape index (κ2) is 13.5. The maximum absolute atomic E-state index is 10.7. The van der Waals surface area contributed by atoms with Crippen LogP contribution in [0.15, 0.2) is 11.6 Å². The second-order valence-corrected chi connectivity index (χ2v) is 7.29. The number of carboxylic acid groups (broad SMARTS) is 1. The Balaban J connectivity index is 3.67. The lowest BCUT2D eigenvalue weighted by atomic mass is 9.76. The summed E-state index contributed by atoms with van der Waals surface area (Å²) in [6, 6.07) is 0. The Kier molecular flexibility index (Phi) is 13.0. The van der Waals surface area contributed by atoms with Crippen LogP contribution in [0.1, 0.15) is 105 Å². The molecule has 0 radical (unpaired) electrons. The zero-order valence-electron chi connectivity index (χ0n) is 16.6. The van der Waals surface area contributed by atoms with E-state index in [2.05, 4.69) is 20.8 Å². The SMILES string of the molecule is CCC(CCCCCCCCCC=C(C)C(=O)O)C(N)(CC)CC. The third-order valence-electron chi connectivity index (χ3n) is 5.67. The Labute approximate surface area is 150 Å². The van der Waals surface area contributed by atoms with Gasteiger partial charge >= 0.3 is 5.97 Å². The highest BCUT2D eigenvalue weighted by Gasteiger charge is 2.29. The molecule has 142 valence electrons. The summed E-state index contributed by atoms with van der Waals surface area (Å²) in [5.74, 6) is -0.134. The number of hydrogen-bond donors (Lipinski definition) is 2. The van der Waals surface area contributed by atoms with Gasteiger partial charge in [0.1, 0.15) is 0 Å². The molecule has 0 amide bonds. The van der Waals surface area contributed by atoms with Gasteiger partial charge in [-0.3, -0.25) is 0 Å². The van der Waals surface area contributed by atoms with Crippen molar-refractivity contribution in [1.29, 1.82) is 0 Å². The predicted molar refractivity (Wildman–Crippen MR) is 104 cm³/mol. The van der Waals surface area contributed by atoms with Crippen molar-refractivity contribution in [3.63, 3.8) is 0 Å². The molecule has 1 atom stereocenters. The lowest BCUT2D eigenvalue weighted by Gasteiger charge is -2.36. The molecule has 0 saturated carbocycles. The second-order valence-electron chi connectivity index (χ2n) is 7.29. The van der Waals surface area contributed by atoms with Crippen LogP contribution in [-0.2, 0) is 4.79 Å². The number of carboxylic acids is 1. The van der Waals surface area contributed by atoms with Gasteiger partial charge in [-0.15, -0.1) is 0 Å². The first-order chi connectivity index (χ1) is 11.4. The number of unbranched alkanes of at least 4 members (excludes halogenated alkanes) is 7. The van der Waals surface area contributed by atoms with Gasteiger partial charge in [-0.1, -0.05) is 71.8 Å². The highest BCUT2D eigenvalue weighted by molar-refractivity contribution is 5.85. The Morgan fingerprint density at radius 1 is 1.00 bits per heavy atom. The molecule has 0 aliphatic carbocycles. The Morgan fingerprint density at radius 3 is 1.96 bits per heavy atom. The zero-order chi connectivity index (χ0) is 18.4. The molecule has 3 N–H and O–H groups in total. The fourth-order valence-corrected chi connectivity index (χ4v) is 3.55. The molecule has 0 bridgehead atoms. The van der Waals surface area contributed by atoms with Crippen LogP contribution in [0.5, 0.6) is 0 Å². The van der Waals surface area contributed by atoms with E-state index >= 15 is 0 Å².